The molecule has 0 aromatic heterocycles. The van der Waals surface area contributed by atoms with Crippen molar-refractivity contribution in [2.24, 2.45) is 0 Å². The Labute approximate surface area is 135 Å². The number of amides is 1. The number of alkyl halides is 1. The smallest absolute Gasteiger partial charge is 0.255 e. The quantitative estimate of drug-likeness (QED) is 0.638. The summed E-state index contributed by atoms with van der Waals surface area (Å²) in [5.41, 5.74) is 0.664. The van der Waals surface area contributed by atoms with E-state index in [0.717, 1.165) is 17.3 Å². The minimum atomic E-state index is 0.0416. The van der Waals surface area contributed by atoms with E-state index < -0.39 is 0 Å². The third-order valence-electron chi connectivity index (χ3n) is 3.63. The van der Waals surface area contributed by atoms with Gasteiger partial charge in [0.15, 0.2) is 0 Å². The van der Waals surface area contributed by atoms with Crippen LogP contribution in [-0.2, 0) is 0 Å². The topological polar surface area (TPSA) is 20.3 Å². The van der Waals surface area contributed by atoms with Gasteiger partial charge >= 0.3 is 0 Å². The van der Waals surface area contributed by atoms with Crippen LogP contribution in [-0.4, -0.2) is 28.7 Å². The summed E-state index contributed by atoms with van der Waals surface area (Å²) in [5.74, 6) is 0.0416. The molecule has 0 aliphatic heterocycles. The first-order valence-corrected chi connectivity index (χ1v) is 8.45. The summed E-state index contributed by atoms with van der Waals surface area (Å²) in [5, 5.41) is 0.627. The molecule has 2 nitrogen and oxygen atoms in total. The summed E-state index contributed by atoms with van der Waals surface area (Å²) < 4.78 is 0.749. The maximum Gasteiger partial charge on any atom is 0.255 e. The molecule has 1 saturated carbocycles. The highest BCUT2D eigenvalue weighted by Gasteiger charge is 2.30. The van der Waals surface area contributed by atoms with Crippen LogP contribution < -0.4 is 0 Å². The molecule has 1 aliphatic rings. The predicted molar refractivity (Wildman–Crippen MR) is 86.2 cm³/mol. The van der Waals surface area contributed by atoms with E-state index in [-0.39, 0.29) is 11.9 Å². The fourth-order valence-corrected chi connectivity index (χ4v) is 4.30. The second-order valence-corrected chi connectivity index (χ2v) is 7.37. The normalized spacial score (nSPS) is 23.2. The molecular formula is C14H16Br2ClNO. The molecule has 0 radical (unpaired) electrons. The van der Waals surface area contributed by atoms with Gasteiger partial charge in [0.25, 0.3) is 5.91 Å². The van der Waals surface area contributed by atoms with E-state index in [1.165, 1.54) is 12.8 Å². The lowest BCUT2D eigenvalue weighted by Crippen LogP contribution is -2.44. The molecule has 1 fully saturated rings. The van der Waals surface area contributed by atoms with E-state index in [1.807, 2.05) is 11.9 Å². The Hall–Kier alpha value is -0.0600. The monoisotopic (exact) mass is 407 g/mol. The average Bonchev–Trinajstić information content (AvgIpc) is 2.38. The highest BCUT2D eigenvalue weighted by Crippen LogP contribution is 2.30. The second-order valence-electron chi connectivity index (χ2n) is 4.91. The molecule has 2 atom stereocenters. The molecule has 104 valence electrons. The first-order valence-electron chi connectivity index (χ1n) is 6.37. The summed E-state index contributed by atoms with van der Waals surface area (Å²) in [6, 6.07) is 5.55. The van der Waals surface area contributed by atoms with Crippen molar-refractivity contribution in [1.82, 2.24) is 4.90 Å². The van der Waals surface area contributed by atoms with Crippen molar-refractivity contribution >= 4 is 49.4 Å². The van der Waals surface area contributed by atoms with Gasteiger partial charge in [-0.1, -0.05) is 40.4 Å². The number of halogens is 3. The summed E-state index contributed by atoms with van der Waals surface area (Å²) >= 11 is 13.0. The average molecular weight is 410 g/mol. The summed E-state index contributed by atoms with van der Waals surface area (Å²) in [6.45, 7) is 0. The molecule has 0 heterocycles. The lowest BCUT2D eigenvalue weighted by Gasteiger charge is -2.35. The molecule has 5 heteroatoms. The standard InChI is InChI=1S/C14H16Br2ClNO/c1-18(13-5-3-2-4-11(13)15)14(19)10-7-6-9(17)8-12(10)16/h6-8,11,13H,2-5H2,1H3. The van der Waals surface area contributed by atoms with Crippen LogP contribution in [0.1, 0.15) is 36.0 Å². The molecule has 0 bridgehead atoms. The number of hydrogen-bond donors (Lipinski definition) is 0. The van der Waals surface area contributed by atoms with Crippen molar-refractivity contribution in [3.8, 4) is 0 Å². The number of hydrogen-bond acceptors (Lipinski definition) is 1. The van der Waals surface area contributed by atoms with Crippen molar-refractivity contribution in [3.05, 3.63) is 33.3 Å². The largest absolute Gasteiger partial charge is 0.338 e. The van der Waals surface area contributed by atoms with Crippen LogP contribution in [0.4, 0.5) is 0 Å². The fraction of sp³-hybridized carbons (Fsp3) is 0.500. The Morgan fingerprint density at radius 2 is 2.05 bits per heavy atom. The predicted octanol–water partition coefficient (Wildman–Crippen LogP) is 4.88. The van der Waals surface area contributed by atoms with Crippen LogP contribution in [0.25, 0.3) is 0 Å². The number of carbonyl (C=O) groups is 1. The maximum atomic E-state index is 12.6. The van der Waals surface area contributed by atoms with E-state index in [2.05, 4.69) is 31.9 Å². The molecular weight excluding hydrogens is 393 g/mol. The van der Waals surface area contributed by atoms with E-state index in [1.54, 1.807) is 18.2 Å². The maximum absolute atomic E-state index is 12.6. The van der Waals surface area contributed by atoms with Crippen molar-refractivity contribution in [2.75, 3.05) is 7.05 Å². The van der Waals surface area contributed by atoms with Gasteiger partial charge in [-0.05, 0) is 47.0 Å². The fourth-order valence-electron chi connectivity index (χ4n) is 2.51. The molecule has 1 aliphatic carbocycles. The van der Waals surface area contributed by atoms with Crippen LogP contribution in [0.2, 0.25) is 5.02 Å². The molecule has 19 heavy (non-hydrogen) atoms. The third kappa shape index (κ3) is 3.53. The number of benzene rings is 1. The number of nitrogens with zero attached hydrogens (tertiary/aromatic N) is 1. The summed E-state index contributed by atoms with van der Waals surface area (Å²) in [6.07, 6.45) is 4.61. The Morgan fingerprint density at radius 3 is 2.68 bits per heavy atom. The van der Waals surface area contributed by atoms with Gasteiger partial charge < -0.3 is 4.90 Å². The van der Waals surface area contributed by atoms with Gasteiger partial charge in [0.2, 0.25) is 0 Å². The van der Waals surface area contributed by atoms with Gasteiger partial charge in [0, 0.05) is 27.4 Å². The van der Waals surface area contributed by atoms with Crippen LogP contribution in [0, 0.1) is 0 Å². The van der Waals surface area contributed by atoms with Crippen LogP contribution in [0.15, 0.2) is 22.7 Å². The molecule has 0 saturated heterocycles. The highest BCUT2D eigenvalue weighted by molar-refractivity contribution is 9.10. The van der Waals surface area contributed by atoms with E-state index >= 15 is 0 Å². The van der Waals surface area contributed by atoms with Gasteiger partial charge in [0.1, 0.15) is 0 Å². The minimum Gasteiger partial charge on any atom is -0.338 e. The van der Waals surface area contributed by atoms with Crippen molar-refractivity contribution < 1.29 is 4.79 Å². The van der Waals surface area contributed by atoms with Gasteiger partial charge in [-0.2, -0.15) is 0 Å². The molecule has 1 aromatic rings. The lowest BCUT2D eigenvalue weighted by atomic mass is 9.94. The molecule has 1 aromatic carbocycles. The Bertz CT molecular complexity index is 481. The third-order valence-corrected chi connectivity index (χ3v) is 5.59. The lowest BCUT2D eigenvalue weighted by molar-refractivity contribution is 0.0704. The summed E-state index contributed by atoms with van der Waals surface area (Å²) in [7, 11) is 1.88. The van der Waals surface area contributed by atoms with E-state index in [9.17, 15) is 4.79 Å². The van der Waals surface area contributed by atoms with E-state index in [4.69, 9.17) is 11.6 Å². The molecule has 2 unspecified atom stereocenters. The zero-order chi connectivity index (χ0) is 14.0. The zero-order valence-electron chi connectivity index (χ0n) is 10.7. The van der Waals surface area contributed by atoms with Crippen LogP contribution in [0.3, 0.4) is 0 Å². The van der Waals surface area contributed by atoms with Crippen molar-refractivity contribution in [2.45, 2.75) is 36.6 Å². The second kappa shape index (κ2) is 6.59. The van der Waals surface area contributed by atoms with E-state index in [0.29, 0.717) is 15.4 Å². The Morgan fingerprint density at radius 1 is 1.37 bits per heavy atom. The first-order chi connectivity index (χ1) is 9.00. The van der Waals surface area contributed by atoms with Gasteiger partial charge in [0.05, 0.1) is 5.56 Å². The molecule has 2 rings (SSSR count). The van der Waals surface area contributed by atoms with Crippen LogP contribution in [0.5, 0.6) is 0 Å². The molecule has 0 N–H and O–H groups in total. The summed E-state index contributed by atoms with van der Waals surface area (Å²) in [4.78, 5) is 14.8. The van der Waals surface area contributed by atoms with Gasteiger partial charge in [-0.25, -0.2) is 0 Å². The first kappa shape index (κ1) is 15.3. The van der Waals surface area contributed by atoms with Gasteiger partial charge in [-0.3, -0.25) is 4.79 Å². The zero-order valence-corrected chi connectivity index (χ0v) is 14.6. The number of carbonyl (C=O) groups excluding carboxylic acids is 1. The SMILES string of the molecule is CN(C(=O)c1ccc(Cl)cc1Br)C1CCCCC1Br. The Kier molecular flexibility index (Phi) is 5.32. The van der Waals surface area contributed by atoms with Crippen LogP contribution >= 0.6 is 43.5 Å². The van der Waals surface area contributed by atoms with Crippen molar-refractivity contribution in [1.29, 1.82) is 0 Å². The van der Waals surface area contributed by atoms with Crippen molar-refractivity contribution in [3.63, 3.8) is 0 Å². The Balaban J connectivity index is 2.18. The highest BCUT2D eigenvalue weighted by atomic mass is 79.9. The minimum absolute atomic E-state index is 0.0416. The van der Waals surface area contributed by atoms with Gasteiger partial charge in [-0.15, -0.1) is 0 Å². The molecule has 1 amide bonds. The number of rotatable bonds is 2. The molecule has 0 spiro atoms.